The van der Waals surface area contributed by atoms with Crippen LogP contribution < -0.4 is 5.32 Å². The number of amides is 1. The maximum atomic E-state index is 10.5. The van der Waals surface area contributed by atoms with Gasteiger partial charge in [0.1, 0.15) is 5.70 Å². The number of aliphatic carboxylic acids is 1. The lowest BCUT2D eigenvalue weighted by Gasteiger charge is -2.03. The van der Waals surface area contributed by atoms with E-state index in [4.69, 9.17) is 5.11 Å². The van der Waals surface area contributed by atoms with Gasteiger partial charge in [0.25, 0.3) is 0 Å². The number of rotatable bonds is 2. The highest BCUT2D eigenvalue weighted by atomic mass is 16.4. The third kappa shape index (κ3) is 3.40. The average molecular weight is 157 g/mol. The second-order valence-electron chi connectivity index (χ2n) is 2.36. The molecule has 0 saturated heterocycles. The van der Waals surface area contributed by atoms with Gasteiger partial charge in [0.15, 0.2) is 0 Å². The zero-order chi connectivity index (χ0) is 9.02. The summed E-state index contributed by atoms with van der Waals surface area (Å²) >= 11 is 0. The Morgan fingerprint density at radius 2 is 1.64 bits per heavy atom. The third-order valence-electron chi connectivity index (χ3n) is 1.01. The molecule has 1 amide bonds. The Kier molecular flexibility index (Phi) is 3.30. The van der Waals surface area contributed by atoms with E-state index >= 15 is 0 Å². The van der Waals surface area contributed by atoms with Gasteiger partial charge in [-0.2, -0.15) is 0 Å². The van der Waals surface area contributed by atoms with Gasteiger partial charge in [-0.15, -0.1) is 0 Å². The standard InChI is InChI=1S/C7H11NO3/c1-4(2)6(7(10)11)8-5(3)9/h1-3H3,(H,8,9)(H,10,11). The van der Waals surface area contributed by atoms with E-state index in [1.165, 1.54) is 6.92 Å². The molecule has 0 saturated carbocycles. The molecule has 0 aromatic heterocycles. The molecule has 4 nitrogen and oxygen atoms in total. The molecule has 0 fully saturated rings. The molecule has 0 unspecified atom stereocenters. The summed E-state index contributed by atoms with van der Waals surface area (Å²) in [6.45, 7) is 4.52. The van der Waals surface area contributed by atoms with Crippen molar-refractivity contribution < 1.29 is 14.7 Å². The molecule has 11 heavy (non-hydrogen) atoms. The lowest BCUT2D eigenvalue weighted by Crippen LogP contribution is -2.25. The van der Waals surface area contributed by atoms with Crippen molar-refractivity contribution in [2.24, 2.45) is 0 Å². The first-order valence-electron chi connectivity index (χ1n) is 3.13. The highest BCUT2D eigenvalue weighted by Gasteiger charge is 2.09. The van der Waals surface area contributed by atoms with Crippen molar-refractivity contribution in [2.45, 2.75) is 20.8 Å². The average Bonchev–Trinajstić information content (AvgIpc) is 1.81. The molecule has 0 aliphatic rings. The predicted octanol–water partition coefficient (Wildman–Crippen LogP) is 0.501. The fourth-order valence-corrected chi connectivity index (χ4v) is 0.568. The van der Waals surface area contributed by atoms with E-state index in [1.807, 2.05) is 0 Å². The lowest BCUT2D eigenvalue weighted by molar-refractivity contribution is -0.134. The first kappa shape index (κ1) is 9.68. The van der Waals surface area contributed by atoms with Crippen molar-refractivity contribution in [3.8, 4) is 0 Å². The number of nitrogens with one attached hydrogen (secondary N) is 1. The van der Waals surface area contributed by atoms with Gasteiger partial charge in [0, 0.05) is 6.92 Å². The summed E-state index contributed by atoms with van der Waals surface area (Å²) in [5, 5.41) is 10.7. The maximum absolute atomic E-state index is 10.5. The maximum Gasteiger partial charge on any atom is 0.352 e. The van der Waals surface area contributed by atoms with Gasteiger partial charge >= 0.3 is 5.97 Å². The van der Waals surface area contributed by atoms with Crippen LogP contribution in [0.15, 0.2) is 11.3 Å². The molecular formula is C7H11NO3. The van der Waals surface area contributed by atoms with Crippen LogP contribution in [0.3, 0.4) is 0 Å². The molecule has 0 aromatic carbocycles. The Bertz CT molecular complexity index is 214. The van der Waals surface area contributed by atoms with Crippen molar-refractivity contribution in [3.05, 3.63) is 11.3 Å². The summed E-state index contributed by atoms with van der Waals surface area (Å²) in [6.07, 6.45) is 0. The van der Waals surface area contributed by atoms with Crippen molar-refractivity contribution >= 4 is 11.9 Å². The second kappa shape index (κ2) is 3.75. The number of carbonyl (C=O) groups is 2. The highest BCUT2D eigenvalue weighted by molar-refractivity contribution is 5.92. The molecule has 0 rings (SSSR count). The lowest BCUT2D eigenvalue weighted by atomic mass is 10.2. The van der Waals surface area contributed by atoms with Crippen LogP contribution in [0.2, 0.25) is 0 Å². The molecule has 0 atom stereocenters. The summed E-state index contributed by atoms with van der Waals surface area (Å²) in [5.41, 5.74) is 0.533. The van der Waals surface area contributed by atoms with Gasteiger partial charge in [-0.05, 0) is 19.4 Å². The van der Waals surface area contributed by atoms with Crippen LogP contribution in [0.1, 0.15) is 20.8 Å². The van der Waals surface area contributed by atoms with Crippen LogP contribution in [-0.2, 0) is 9.59 Å². The molecule has 0 aromatic rings. The minimum absolute atomic E-state index is 0.0440. The summed E-state index contributed by atoms with van der Waals surface area (Å²) < 4.78 is 0. The molecule has 0 aliphatic carbocycles. The molecular weight excluding hydrogens is 146 g/mol. The minimum Gasteiger partial charge on any atom is -0.477 e. The number of hydrogen-bond donors (Lipinski definition) is 2. The zero-order valence-electron chi connectivity index (χ0n) is 6.76. The van der Waals surface area contributed by atoms with Gasteiger partial charge in [-0.25, -0.2) is 4.79 Å². The molecule has 0 aliphatic heterocycles. The van der Waals surface area contributed by atoms with E-state index in [-0.39, 0.29) is 11.6 Å². The van der Waals surface area contributed by atoms with Gasteiger partial charge < -0.3 is 10.4 Å². The van der Waals surface area contributed by atoms with Crippen LogP contribution in [0.25, 0.3) is 0 Å². The first-order valence-corrected chi connectivity index (χ1v) is 3.13. The number of hydrogen-bond acceptors (Lipinski definition) is 2. The number of carboxylic acids is 1. The number of carbonyl (C=O) groups excluding carboxylic acids is 1. The fourth-order valence-electron chi connectivity index (χ4n) is 0.568. The molecule has 2 N–H and O–H groups in total. The van der Waals surface area contributed by atoms with Crippen LogP contribution in [-0.4, -0.2) is 17.0 Å². The molecule has 0 heterocycles. The van der Waals surface area contributed by atoms with Gasteiger partial charge in [-0.1, -0.05) is 0 Å². The first-order chi connectivity index (χ1) is 4.95. The molecule has 0 bridgehead atoms. The Morgan fingerprint density at radius 1 is 1.18 bits per heavy atom. The predicted molar refractivity (Wildman–Crippen MR) is 39.8 cm³/mol. The number of allylic oxidation sites excluding steroid dienone is 1. The Balaban J connectivity index is 4.52. The van der Waals surface area contributed by atoms with E-state index < -0.39 is 5.97 Å². The summed E-state index contributed by atoms with van der Waals surface area (Å²) in [7, 11) is 0. The smallest absolute Gasteiger partial charge is 0.352 e. The Morgan fingerprint density at radius 3 is 1.73 bits per heavy atom. The van der Waals surface area contributed by atoms with E-state index in [0.717, 1.165) is 0 Å². The van der Waals surface area contributed by atoms with Crippen LogP contribution in [0.4, 0.5) is 0 Å². The van der Waals surface area contributed by atoms with Gasteiger partial charge in [0.2, 0.25) is 5.91 Å². The van der Waals surface area contributed by atoms with E-state index in [9.17, 15) is 9.59 Å². The summed E-state index contributed by atoms with van der Waals surface area (Å²) in [5.74, 6) is -1.48. The SMILES string of the molecule is CC(=O)NC(C(=O)O)=C(C)C. The Hall–Kier alpha value is -1.32. The van der Waals surface area contributed by atoms with Gasteiger partial charge in [0.05, 0.1) is 0 Å². The number of carboxylic acid groups (broad SMARTS) is 1. The molecule has 62 valence electrons. The molecule has 0 radical (unpaired) electrons. The molecule has 0 spiro atoms. The highest BCUT2D eigenvalue weighted by Crippen LogP contribution is 1.98. The van der Waals surface area contributed by atoms with E-state index in [2.05, 4.69) is 5.32 Å². The van der Waals surface area contributed by atoms with Crippen molar-refractivity contribution in [3.63, 3.8) is 0 Å². The minimum atomic E-state index is -1.11. The normalized spacial score (nSPS) is 8.64. The van der Waals surface area contributed by atoms with E-state index in [1.54, 1.807) is 13.8 Å². The van der Waals surface area contributed by atoms with E-state index in [0.29, 0.717) is 5.57 Å². The van der Waals surface area contributed by atoms with Crippen molar-refractivity contribution in [1.29, 1.82) is 0 Å². The second-order valence-corrected chi connectivity index (χ2v) is 2.36. The van der Waals surface area contributed by atoms with Crippen LogP contribution in [0.5, 0.6) is 0 Å². The molecule has 4 heteroatoms. The monoisotopic (exact) mass is 157 g/mol. The Labute approximate surface area is 64.9 Å². The zero-order valence-corrected chi connectivity index (χ0v) is 6.76. The van der Waals surface area contributed by atoms with Gasteiger partial charge in [-0.3, -0.25) is 4.79 Å². The largest absolute Gasteiger partial charge is 0.477 e. The third-order valence-corrected chi connectivity index (χ3v) is 1.01. The van der Waals surface area contributed by atoms with Crippen LogP contribution >= 0.6 is 0 Å². The topological polar surface area (TPSA) is 66.4 Å². The quantitative estimate of drug-likeness (QED) is 0.573. The van der Waals surface area contributed by atoms with Crippen molar-refractivity contribution in [2.75, 3.05) is 0 Å². The fraction of sp³-hybridized carbons (Fsp3) is 0.429. The van der Waals surface area contributed by atoms with Crippen LogP contribution in [0, 0.1) is 0 Å². The summed E-state index contributed by atoms with van der Waals surface area (Å²) in [6, 6.07) is 0. The summed E-state index contributed by atoms with van der Waals surface area (Å²) in [4.78, 5) is 20.9. The van der Waals surface area contributed by atoms with Crippen molar-refractivity contribution in [1.82, 2.24) is 5.32 Å².